The molecule has 1 saturated heterocycles. The van der Waals surface area contributed by atoms with E-state index in [1.165, 1.54) is 25.7 Å². The summed E-state index contributed by atoms with van der Waals surface area (Å²) in [6.45, 7) is 5.25. The lowest BCUT2D eigenvalue weighted by Crippen LogP contribution is -2.32. The molecule has 7 nitrogen and oxygen atoms in total. The lowest BCUT2D eigenvalue weighted by Gasteiger charge is -2.20. The van der Waals surface area contributed by atoms with Gasteiger partial charge in [-0.15, -0.1) is 0 Å². The van der Waals surface area contributed by atoms with Crippen molar-refractivity contribution in [1.29, 1.82) is 0 Å². The lowest BCUT2D eigenvalue weighted by atomic mass is 9.99. The third-order valence-corrected chi connectivity index (χ3v) is 6.04. The number of nitrogens with zero attached hydrogens (tertiary/aromatic N) is 4. The minimum atomic E-state index is -0.147. The minimum absolute atomic E-state index is 0.0427. The summed E-state index contributed by atoms with van der Waals surface area (Å²) in [6, 6.07) is 0.0427. The lowest BCUT2D eigenvalue weighted by molar-refractivity contribution is -0.130. The first-order valence-electron chi connectivity index (χ1n) is 11.0. The Morgan fingerprint density at radius 3 is 2.62 bits per heavy atom. The molecule has 7 heteroatoms. The van der Waals surface area contributed by atoms with Gasteiger partial charge in [0.15, 0.2) is 0 Å². The molecule has 29 heavy (non-hydrogen) atoms. The number of carbonyl (C=O) groups is 2. The Morgan fingerprint density at radius 1 is 1.24 bits per heavy atom. The second-order valence-corrected chi connectivity index (χ2v) is 9.01. The van der Waals surface area contributed by atoms with Gasteiger partial charge in [0.2, 0.25) is 11.9 Å². The summed E-state index contributed by atoms with van der Waals surface area (Å²) in [5.74, 6) is 1.49. The Morgan fingerprint density at radius 2 is 1.97 bits per heavy atom. The number of nitrogens with one attached hydrogen (secondary N) is 1. The van der Waals surface area contributed by atoms with Crippen molar-refractivity contribution in [3.63, 3.8) is 0 Å². The van der Waals surface area contributed by atoms with Gasteiger partial charge in [-0.05, 0) is 32.6 Å². The number of anilines is 1. The smallest absolute Gasteiger partial charge is 0.254 e. The SMILES string of the molecule is CC(C)NC(=O)c1cnc(N(C)C)nc1C1CCN(C(=O)CCC2CCCC2)C1. The number of likely N-dealkylation sites (tertiary alicyclic amines) is 1. The van der Waals surface area contributed by atoms with Crippen molar-refractivity contribution in [3.8, 4) is 0 Å². The van der Waals surface area contributed by atoms with E-state index >= 15 is 0 Å². The van der Waals surface area contributed by atoms with E-state index in [2.05, 4.69) is 10.3 Å². The van der Waals surface area contributed by atoms with Crippen LogP contribution < -0.4 is 10.2 Å². The van der Waals surface area contributed by atoms with Crippen LogP contribution in [0, 0.1) is 5.92 Å². The van der Waals surface area contributed by atoms with Crippen LogP contribution in [-0.4, -0.2) is 59.9 Å². The topological polar surface area (TPSA) is 78.4 Å². The van der Waals surface area contributed by atoms with E-state index in [9.17, 15) is 9.59 Å². The van der Waals surface area contributed by atoms with E-state index in [0.29, 0.717) is 24.5 Å². The Balaban J connectivity index is 1.70. The molecule has 2 aliphatic rings. The monoisotopic (exact) mass is 401 g/mol. The first-order valence-corrected chi connectivity index (χ1v) is 11.0. The summed E-state index contributed by atoms with van der Waals surface area (Å²) in [7, 11) is 3.78. The predicted octanol–water partition coefficient (Wildman–Crippen LogP) is 2.97. The first-order chi connectivity index (χ1) is 13.8. The minimum Gasteiger partial charge on any atom is -0.350 e. The molecule has 160 valence electrons. The molecule has 3 rings (SSSR count). The van der Waals surface area contributed by atoms with Gasteiger partial charge < -0.3 is 15.1 Å². The largest absolute Gasteiger partial charge is 0.350 e. The summed E-state index contributed by atoms with van der Waals surface area (Å²) < 4.78 is 0. The molecule has 1 aliphatic heterocycles. The molecule has 1 aromatic rings. The zero-order chi connectivity index (χ0) is 21.0. The third-order valence-electron chi connectivity index (χ3n) is 6.04. The van der Waals surface area contributed by atoms with Gasteiger partial charge in [-0.3, -0.25) is 9.59 Å². The fraction of sp³-hybridized carbons (Fsp3) is 0.727. The van der Waals surface area contributed by atoms with Crippen LogP contribution in [0.25, 0.3) is 0 Å². The Bertz CT molecular complexity index is 728. The van der Waals surface area contributed by atoms with Crippen molar-refractivity contribution in [2.24, 2.45) is 5.92 Å². The highest BCUT2D eigenvalue weighted by Gasteiger charge is 2.32. The van der Waals surface area contributed by atoms with Crippen LogP contribution in [0.15, 0.2) is 6.20 Å². The second-order valence-electron chi connectivity index (χ2n) is 9.01. The number of hydrogen-bond acceptors (Lipinski definition) is 5. The number of amides is 2. The van der Waals surface area contributed by atoms with Crippen molar-refractivity contribution >= 4 is 17.8 Å². The maximum Gasteiger partial charge on any atom is 0.254 e. The third kappa shape index (κ3) is 5.46. The van der Waals surface area contributed by atoms with Gasteiger partial charge >= 0.3 is 0 Å². The molecule has 2 amide bonds. The number of carbonyl (C=O) groups excluding carboxylic acids is 2. The highest BCUT2D eigenvalue weighted by atomic mass is 16.2. The van der Waals surface area contributed by atoms with E-state index in [4.69, 9.17) is 4.98 Å². The van der Waals surface area contributed by atoms with Gasteiger partial charge in [0.25, 0.3) is 5.91 Å². The second kappa shape index (κ2) is 9.55. The molecular weight excluding hydrogens is 366 g/mol. The zero-order valence-corrected chi connectivity index (χ0v) is 18.3. The van der Waals surface area contributed by atoms with Crippen molar-refractivity contribution in [1.82, 2.24) is 20.2 Å². The van der Waals surface area contributed by atoms with Crippen LogP contribution in [0.1, 0.15) is 80.8 Å². The van der Waals surface area contributed by atoms with Gasteiger partial charge in [-0.2, -0.15) is 0 Å². The molecular formula is C22H35N5O2. The quantitative estimate of drug-likeness (QED) is 0.760. The van der Waals surface area contributed by atoms with Crippen molar-refractivity contribution < 1.29 is 9.59 Å². The van der Waals surface area contributed by atoms with Crippen molar-refractivity contribution in [2.75, 3.05) is 32.1 Å². The Labute approximate surface area is 174 Å². The standard InChI is InChI=1S/C22H35N5O2/c1-15(2)24-21(29)18-13-23-22(26(3)4)25-20(18)17-11-12-27(14-17)19(28)10-9-16-7-5-6-8-16/h13,15-17H,5-12,14H2,1-4H3,(H,24,29). The molecule has 0 aromatic carbocycles. The maximum absolute atomic E-state index is 12.7. The van der Waals surface area contributed by atoms with E-state index < -0.39 is 0 Å². The molecule has 1 N–H and O–H groups in total. The molecule has 1 saturated carbocycles. The first kappa shape index (κ1) is 21.5. The van der Waals surface area contributed by atoms with E-state index in [1.807, 2.05) is 37.7 Å². The van der Waals surface area contributed by atoms with Gasteiger partial charge in [0.05, 0.1) is 11.3 Å². The van der Waals surface area contributed by atoms with Gasteiger partial charge in [-0.25, -0.2) is 9.97 Å². The fourth-order valence-corrected chi connectivity index (χ4v) is 4.42. The number of rotatable bonds is 7. The van der Waals surface area contributed by atoms with E-state index in [-0.39, 0.29) is 23.8 Å². The van der Waals surface area contributed by atoms with Crippen LogP contribution in [0.2, 0.25) is 0 Å². The highest BCUT2D eigenvalue weighted by molar-refractivity contribution is 5.95. The average molecular weight is 402 g/mol. The average Bonchev–Trinajstić information content (AvgIpc) is 3.37. The van der Waals surface area contributed by atoms with E-state index in [0.717, 1.165) is 31.0 Å². The van der Waals surface area contributed by atoms with Crippen molar-refractivity contribution in [2.45, 2.75) is 70.8 Å². The zero-order valence-electron chi connectivity index (χ0n) is 18.3. The molecule has 1 aliphatic carbocycles. The maximum atomic E-state index is 12.7. The molecule has 2 heterocycles. The van der Waals surface area contributed by atoms with Crippen LogP contribution in [-0.2, 0) is 4.79 Å². The van der Waals surface area contributed by atoms with E-state index in [1.54, 1.807) is 6.20 Å². The van der Waals surface area contributed by atoms with Crippen molar-refractivity contribution in [3.05, 3.63) is 17.5 Å². The van der Waals surface area contributed by atoms with Gasteiger partial charge in [0, 0.05) is 51.8 Å². The summed E-state index contributed by atoms with van der Waals surface area (Å²) in [5.41, 5.74) is 1.28. The number of hydrogen-bond donors (Lipinski definition) is 1. The molecule has 0 radical (unpaired) electrons. The molecule has 2 fully saturated rings. The molecule has 1 unspecified atom stereocenters. The molecule has 1 aromatic heterocycles. The predicted molar refractivity (Wildman–Crippen MR) is 114 cm³/mol. The Kier molecular flexibility index (Phi) is 7.09. The van der Waals surface area contributed by atoms with Gasteiger partial charge in [0.1, 0.15) is 0 Å². The van der Waals surface area contributed by atoms with Crippen LogP contribution in [0.4, 0.5) is 5.95 Å². The van der Waals surface area contributed by atoms with Crippen LogP contribution in [0.5, 0.6) is 0 Å². The molecule has 0 spiro atoms. The normalized spacial score (nSPS) is 19.8. The van der Waals surface area contributed by atoms with Gasteiger partial charge in [-0.1, -0.05) is 25.7 Å². The van der Waals surface area contributed by atoms with Crippen LogP contribution in [0.3, 0.4) is 0 Å². The summed E-state index contributed by atoms with van der Waals surface area (Å²) in [6.07, 6.45) is 9.30. The summed E-state index contributed by atoms with van der Waals surface area (Å²) >= 11 is 0. The molecule has 0 bridgehead atoms. The summed E-state index contributed by atoms with van der Waals surface area (Å²) in [5, 5.41) is 2.94. The van der Waals surface area contributed by atoms with Crippen LogP contribution >= 0.6 is 0 Å². The summed E-state index contributed by atoms with van der Waals surface area (Å²) in [4.78, 5) is 38.3. The number of aromatic nitrogens is 2. The highest BCUT2D eigenvalue weighted by Crippen LogP contribution is 2.32. The fourth-order valence-electron chi connectivity index (χ4n) is 4.42. The molecule has 1 atom stereocenters. The Hall–Kier alpha value is -2.18.